The number of allylic oxidation sites excluding steroid dienone is 5. The van der Waals surface area contributed by atoms with Crippen molar-refractivity contribution in [1.82, 2.24) is 14.8 Å². The van der Waals surface area contributed by atoms with Gasteiger partial charge in [0.25, 0.3) is 0 Å². The molecule has 1 heterocycles. The fraction of sp³-hybridized carbons (Fsp3) is 0.0400. The van der Waals surface area contributed by atoms with Crippen LogP contribution in [0.1, 0.15) is 12.7 Å². The first-order valence-corrected chi connectivity index (χ1v) is 9.27. The molecule has 0 aliphatic rings. The summed E-state index contributed by atoms with van der Waals surface area (Å²) in [5.74, 6) is 1.53. The van der Waals surface area contributed by atoms with Gasteiger partial charge in [0, 0.05) is 16.5 Å². The van der Waals surface area contributed by atoms with Crippen LogP contribution in [0, 0.1) is 0 Å². The summed E-state index contributed by atoms with van der Waals surface area (Å²) in [6.45, 7) is 6.21. The van der Waals surface area contributed by atoms with E-state index in [1.54, 1.807) is 0 Å². The summed E-state index contributed by atoms with van der Waals surface area (Å²) in [5.41, 5.74) is 2.86. The molecule has 0 amide bonds. The fourth-order valence-electron chi connectivity index (χ4n) is 3.26. The monoisotopic (exact) mass is 363 g/mol. The van der Waals surface area contributed by atoms with Crippen molar-refractivity contribution in [2.24, 2.45) is 0 Å². The van der Waals surface area contributed by atoms with E-state index in [9.17, 15) is 0 Å². The zero-order valence-corrected chi connectivity index (χ0v) is 15.8. The van der Waals surface area contributed by atoms with E-state index in [-0.39, 0.29) is 0 Å². The lowest BCUT2D eigenvalue weighted by atomic mass is 10.1. The molecule has 0 bridgehead atoms. The molecule has 0 radical (unpaired) electrons. The van der Waals surface area contributed by atoms with Gasteiger partial charge in [-0.1, -0.05) is 97.6 Å². The van der Waals surface area contributed by atoms with Crippen molar-refractivity contribution in [1.29, 1.82) is 0 Å². The van der Waals surface area contributed by atoms with Gasteiger partial charge in [-0.3, -0.25) is 4.57 Å². The molecule has 0 saturated carbocycles. The Kier molecular flexibility index (Phi) is 4.98. The van der Waals surface area contributed by atoms with E-state index in [2.05, 4.69) is 63.8 Å². The molecule has 3 heteroatoms. The van der Waals surface area contributed by atoms with Crippen LogP contribution in [0.3, 0.4) is 0 Å². The second-order valence-corrected chi connectivity index (χ2v) is 6.46. The summed E-state index contributed by atoms with van der Waals surface area (Å²) >= 11 is 0. The van der Waals surface area contributed by atoms with E-state index in [1.165, 1.54) is 5.39 Å². The van der Waals surface area contributed by atoms with Gasteiger partial charge >= 0.3 is 0 Å². The lowest BCUT2D eigenvalue weighted by Gasteiger charge is -2.13. The Morgan fingerprint density at radius 2 is 1.61 bits per heavy atom. The van der Waals surface area contributed by atoms with E-state index in [4.69, 9.17) is 0 Å². The Morgan fingerprint density at radius 1 is 0.857 bits per heavy atom. The van der Waals surface area contributed by atoms with Crippen molar-refractivity contribution < 1.29 is 0 Å². The van der Waals surface area contributed by atoms with Gasteiger partial charge in [0.2, 0.25) is 0 Å². The Balaban J connectivity index is 1.97. The molecule has 3 nitrogen and oxygen atoms in total. The van der Waals surface area contributed by atoms with Gasteiger partial charge in [0.05, 0.1) is 5.69 Å². The molecule has 1 aromatic heterocycles. The predicted molar refractivity (Wildman–Crippen MR) is 117 cm³/mol. The first kappa shape index (κ1) is 17.7. The average molecular weight is 363 g/mol. The minimum Gasteiger partial charge on any atom is -0.274 e. The summed E-state index contributed by atoms with van der Waals surface area (Å²) in [5, 5.41) is 11.3. The number of hydrogen-bond donors (Lipinski definition) is 0. The van der Waals surface area contributed by atoms with Crippen LogP contribution in [0.5, 0.6) is 0 Å². The molecule has 0 atom stereocenters. The highest BCUT2D eigenvalue weighted by Crippen LogP contribution is 2.30. The Labute approximate surface area is 165 Å². The van der Waals surface area contributed by atoms with Crippen LogP contribution in [0.25, 0.3) is 33.4 Å². The van der Waals surface area contributed by atoms with Crippen LogP contribution in [0.2, 0.25) is 0 Å². The third-order valence-electron chi connectivity index (χ3n) is 4.59. The smallest absolute Gasteiger partial charge is 0.168 e. The van der Waals surface area contributed by atoms with Crippen LogP contribution in [0.15, 0.2) is 104 Å². The lowest BCUT2D eigenvalue weighted by Crippen LogP contribution is -2.03. The van der Waals surface area contributed by atoms with Crippen LogP contribution < -0.4 is 0 Å². The zero-order valence-electron chi connectivity index (χ0n) is 15.8. The van der Waals surface area contributed by atoms with Gasteiger partial charge in [-0.2, -0.15) is 0 Å². The molecule has 0 unspecified atom stereocenters. The van der Waals surface area contributed by atoms with Gasteiger partial charge in [0.15, 0.2) is 11.6 Å². The predicted octanol–water partition coefficient (Wildman–Crippen LogP) is 6.23. The van der Waals surface area contributed by atoms with E-state index in [0.717, 1.165) is 33.9 Å². The van der Waals surface area contributed by atoms with Crippen molar-refractivity contribution in [3.63, 3.8) is 0 Å². The summed E-state index contributed by atoms with van der Waals surface area (Å²) in [4.78, 5) is 0. The highest BCUT2D eigenvalue weighted by atomic mass is 15.3. The Hall–Kier alpha value is -3.72. The molecular formula is C25H21N3. The highest BCUT2D eigenvalue weighted by Gasteiger charge is 2.18. The van der Waals surface area contributed by atoms with Crippen molar-refractivity contribution in [3.05, 3.63) is 110 Å². The Bertz CT molecular complexity index is 1180. The maximum atomic E-state index is 4.52. The number of rotatable bonds is 5. The largest absolute Gasteiger partial charge is 0.274 e. The number of hydrogen-bond acceptors (Lipinski definition) is 2. The van der Waals surface area contributed by atoms with Crippen LogP contribution in [-0.4, -0.2) is 14.8 Å². The molecule has 0 N–H and O–H groups in total. The highest BCUT2D eigenvalue weighted by molar-refractivity contribution is 5.91. The topological polar surface area (TPSA) is 30.7 Å². The van der Waals surface area contributed by atoms with Gasteiger partial charge in [-0.15, -0.1) is 10.2 Å². The molecule has 0 spiro atoms. The molecular weight excluding hydrogens is 342 g/mol. The normalized spacial score (nSPS) is 11.6. The molecule has 0 saturated heterocycles. The molecule has 0 fully saturated rings. The molecule has 4 aromatic rings. The zero-order chi connectivity index (χ0) is 19.3. The summed E-state index contributed by atoms with van der Waals surface area (Å²) in [6.07, 6.45) is 7.88. The van der Waals surface area contributed by atoms with Crippen molar-refractivity contribution in [2.75, 3.05) is 0 Å². The maximum absolute atomic E-state index is 4.52. The van der Waals surface area contributed by atoms with E-state index in [1.807, 2.05) is 61.6 Å². The van der Waals surface area contributed by atoms with Crippen LogP contribution in [0.4, 0.5) is 0 Å². The summed E-state index contributed by atoms with van der Waals surface area (Å²) < 4.78 is 2.10. The van der Waals surface area contributed by atoms with Gasteiger partial charge in [-0.25, -0.2) is 0 Å². The first-order chi connectivity index (χ1) is 13.8. The van der Waals surface area contributed by atoms with Gasteiger partial charge in [-0.05, 0) is 18.4 Å². The first-order valence-electron chi connectivity index (χ1n) is 9.27. The molecule has 0 aliphatic carbocycles. The van der Waals surface area contributed by atoms with Gasteiger partial charge < -0.3 is 0 Å². The van der Waals surface area contributed by atoms with E-state index in [0.29, 0.717) is 0 Å². The minimum atomic E-state index is 0.732. The number of benzene rings is 3. The summed E-state index contributed by atoms with van der Waals surface area (Å²) in [7, 11) is 0. The molecule has 3 aromatic carbocycles. The second-order valence-electron chi connectivity index (χ2n) is 6.46. The Morgan fingerprint density at radius 3 is 2.43 bits per heavy atom. The molecule has 4 rings (SSSR count). The number of fused-ring (bicyclic) bond motifs is 1. The molecule has 0 aliphatic heterocycles. The van der Waals surface area contributed by atoms with E-state index < -0.39 is 0 Å². The third kappa shape index (κ3) is 3.30. The van der Waals surface area contributed by atoms with Crippen LogP contribution in [-0.2, 0) is 0 Å². The van der Waals surface area contributed by atoms with Crippen LogP contribution >= 0.6 is 0 Å². The minimum absolute atomic E-state index is 0.732. The van der Waals surface area contributed by atoms with Gasteiger partial charge in [0.1, 0.15) is 0 Å². The standard InChI is InChI=1S/C25H21N3/c1-3-4-6-12-19(2)24-26-27-25(21-14-7-5-8-15-21)28(24)23-18-11-16-20-13-9-10-17-22(20)23/h3-18H,2H2,1H3/b4-3-,12-6-. The van der Waals surface area contributed by atoms with Crippen molar-refractivity contribution >= 4 is 16.3 Å². The quantitative estimate of drug-likeness (QED) is 0.393. The SMILES string of the molecule is C=C(/C=C\C=C/C)c1nnc(-c2ccccc2)n1-c1cccc2ccccc12. The van der Waals surface area contributed by atoms with Crippen molar-refractivity contribution in [2.45, 2.75) is 6.92 Å². The molecule has 28 heavy (non-hydrogen) atoms. The molecule has 136 valence electrons. The fourth-order valence-corrected chi connectivity index (χ4v) is 3.26. The third-order valence-corrected chi connectivity index (χ3v) is 4.59. The number of aromatic nitrogens is 3. The van der Waals surface area contributed by atoms with E-state index >= 15 is 0 Å². The maximum Gasteiger partial charge on any atom is 0.168 e. The van der Waals surface area contributed by atoms with Crippen molar-refractivity contribution in [3.8, 4) is 17.1 Å². The summed E-state index contributed by atoms with van der Waals surface area (Å²) in [6, 6.07) is 24.8. The average Bonchev–Trinajstić information content (AvgIpc) is 3.19. The lowest BCUT2D eigenvalue weighted by molar-refractivity contribution is 1.04. The number of nitrogens with zero attached hydrogens (tertiary/aromatic N) is 3. The second kappa shape index (κ2) is 7.89.